The van der Waals surface area contributed by atoms with Crippen LogP contribution in [0.4, 0.5) is 0 Å². The molecule has 1 aromatic carbocycles. The summed E-state index contributed by atoms with van der Waals surface area (Å²) in [6.07, 6.45) is 0. The van der Waals surface area contributed by atoms with E-state index in [0.29, 0.717) is 11.5 Å². The van der Waals surface area contributed by atoms with Gasteiger partial charge in [0, 0.05) is 21.2 Å². The minimum Gasteiger partial charge on any atom is -0.313 e. The molecule has 0 spiro atoms. The van der Waals surface area contributed by atoms with Crippen molar-refractivity contribution in [2.75, 3.05) is 12.3 Å². The Balaban J connectivity index is 2.54. The van der Waals surface area contributed by atoms with E-state index < -0.39 is 0 Å². The van der Waals surface area contributed by atoms with Crippen molar-refractivity contribution in [1.82, 2.24) is 5.32 Å². The third-order valence-electron chi connectivity index (χ3n) is 2.73. The number of halogens is 1. The summed E-state index contributed by atoms with van der Waals surface area (Å²) < 4.78 is 1.14. The van der Waals surface area contributed by atoms with Gasteiger partial charge in [0.05, 0.1) is 0 Å². The first-order valence-electron chi connectivity index (χ1n) is 6.05. The van der Waals surface area contributed by atoms with Gasteiger partial charge in [0.2, 0.25) is 0 Å². The van der Waals surface area contributed by atoms with Crippen LogP contribution >= 0.6 is 27.7 Å². The Morgan fingerprint density at radius 3 is 2.29 bits per heavy atom. The van der Waals surface area contributed by atoms with Gasteiger partial charge in [-0.15, -0.1) is 11.8 Å². The second kappa shape index (κ2) is 6.81. The van der Waals surface area contributed by atoms with E-state index in [1.165, 1.54) is 4.90 Å². The molecule has 0 aliphatic heterocycles. The molecule has 0 aliphatic rings. The van der Waals surface area contributed by atoms with Gasteiger partial charge in [-0.05, 0) is 36.2 Å². The van der Waals surface area contributed by atoms with Crippen molar-refractivity contribution in [3.05, 3.63) is 28.7 Å². The van der Waals surface area contributed by atoms with Crippen molar-refractivity contribution >= 4 is 27.7 Å². The Morgan fingerprint density at radius 2 is 1.82 bits per heavy atom. The van der Waals surface area contributed by atoms with E-state index >= 15 is 0 Å². The van der Waals surface area contributed by atoms with Crippen LogP contribution in [0.15, 0.2) is 33.6 Å². The Labute approximate surface area is 118 Å². The molecule has 1 N–H and O–H groups in total. The van der Waals surface area contributed by atoms with Crippen molar-refractivity contribution in [3.63, 3.8) is 0 Å². The van der Waals surface area contributed by atoms with Crippen LogP contribution in [0, 0.1) is 5.41 Å². The van der Waals surface area contributed by atoms with Crippen LogP contribution in [0.3, 0.4) is 0 Å². The van der Waals surface area contributed by atoms with Crippen LogP contribution < -0.4 is 5.32 Å². The first-order chi connectivity index (χ1) is 7.93. The first kappa shape index (κ1) is 15.1. The maximum atomic E-state index is 3.57. The van der Waals surface area contributed by atoms with E-state index in [4.69, 9.17) is 0 Å². The second-order valence-electron chi connectivity index (χ2n) is 5.24. The zero-order valence-electron chi connectivity index (χ0n) is 11.1. The highest BCUT2D eigenvalue weighted by molar-refractivity contribution is 9.10. The number of nitrogens with one attached hydrogen (secondary N) is 1. The summed E-state index contributed by atoms with van der Waals surface area (Å²) in [4.78, 5) is 1.33. The lowest BCUT2D eigenvalue weighted by Gasteiger charge is -2.31. The largest absolute Gasteiger partial charge is 0.313 e. The Bertz CT molecular complexity index is 329. The van der Waals surface area contributed by atoms with Crippen LogP contribution in [-0.2, 0) is 0 Å². The number of hydrogen-bond acceptors (Lipinski definition) is 2. The molecule has 0 aliphatic carbocycles. The fourth-order valence-electron chi connectivity index (χ4n) is 1.57. The van der Waals surface area contributed by atoms with Crippen molar-refractivity contribution in [2.45, 2.75) is 38.6 Å². The van der Waals surface area contributed by atoms with Crippen molar-refractivity contribution in [1.29, 1.82) is 0 Å². The van der Waals surface area contributed by atoms with E-state index in [-0.39, 0.29) is 0 Å². The summed E-state index contributed by atoms with van der Waals surface area (Å²) in [5, 5.41) is 3.57. The van der Waals surface area contributed by atoms with Crippen LogP contribution in [0.25, 0.3) is 0 Å². The summed E-state index contributed by atoms with van der Waals surface area (Å²) in [6.45, 7) is 10.1. The summed E-state index contributed by atoms with van der Waals surface area (Å²) in [5.41, 5.74) is 0.304. The van der Waals surface area contributed by atoms with Gasteiger partial charge in [0.15, 0.2) is 0 Å². The smallest absolute Gasteiger partial charge is 0.0210 e. The molecule has 0 fully saturated rings. The summed E-state index contributed by atoms with van der Waals surface area (Å²) in [5.74, 6) is 1.11. The molecule has 0 amide bonds. The molecule has 1 unspecified atom stereocenters. The lowest BCUT2D eigenvalue weighted by atomic mass is 9.88. The highest BCUT2D eigenvalue weighted by Crippen LogP contribution is 2.27. The van der Waals surface area contributed by atoms with Gasteiger partial charge in [-0.1, -0.05) is 43.6 Å². The molecule has 0 heterocycles. The summed E-state index contributed by atoms with van der Waals surface area (Å²) >= 11 is 5.38. The zero-order valence-corrected chi connectivity index (χ0v) is 13.5. The van der Waals surface area contributed by atoms with Gasteiger partial charge in [-0.25, -0.2) is 0 Å². The predicted octanol–water partition coefficient (Wildman–Crippen LogP) is 4.57. The molecule has 0 saturated heterocycles. The van der Waals surface area contributed by atoms with Crippen LogP contribution in [0.5, 0.6) is 0 Å². The highest BCUT2D eigenvalue weighted by Gasteiger charge is 2.23. The maximum Gasteiger partial charge on any atom is 0.0210 e. The van der Waals surface area contributed by atoms with Gasteiger partial charge in [-0.3, -0.25) is 0 Å². The van der Waals surface area contributed by atoms with Crippen LogP contribution in [0.2, 0.25) is 0 Å². The third-order valence-corrected chi connectivity index (χ3v) is 4.36. The normalized spacial score (nSPS) is 13.7. The van der Waals surface area contributed by atoms with Crippen molar-refractivity contribution < 1.29 is 0 Å². The number of hydrogen-bond donors (Lipinski definition) is 1. The Hall–Kier alpha value is 0.01000. The molecule has 1 aromatic rings. The molecule has 0 bridgehead atoms. The molecule has 96 valence electrons. The SMILES string of the molecule is CCNC(CSc1ccc(Br)cc1)C(C)(C)C. The number of rotatable bonds is 5. The Kier molecular flexibility index (Phi) is 6.04. The molecule has 0 radical (unpaired) electrons. The van der Waals surface area contributed by atoms with E-state index in [1.807, 2.05) is 11.8 Å². The quantitative estimate of drug-likeness (QED) is 0.799. The molecule has 17 heavy (non-hydrogen) atoms. The predicted molar refractivity (Wildman–Crippen MR) is 81.8 cm³/mol. The molecule has 1 atom stereocenters. The lowest BCUT2D eigenvalue weighted by molar-refractivity contribution is 0.295. The minimum atomic E-state index is 0.304. The molecule has 0 aromatic heterocycles. The number of thioether (sulfide) groups is 1. The fraction of sp³-hybridized carbons (Fsp3) is 0.571. The third kappa shape index (κ3) is 5.45. The average molecular weight is 316 g/mol. The van der Waals surface area contributed by atoms with Gasteiger partial charge in [0.25, 0.3) is 0 Å². The minimum absolute atomic E-state index is 0.304. The summed E-state index contributed by atoms with van der Waals surface area (Å²) in [7, 11) is 0. The molecule has 0 saturated carbocycles. The molecule has 1 rings (SSSR count). The fourth-order valence-corrected chi connectivity index (χ4v) is 3.14. The molecule has 1 nitrogen and oxygen atoms in total. The molecule has 3 heteroatoms. The summed E-state index contributed by atoms with van der Waals surface area (Å²) in [6, 6.07) is 9.07. The van der Waals surface area contributed by atoms with Crippen molar-refractivity contribution in [2.24, 2.45) is 5.41 Å². The van der Waals surface area contributed by atoms with Gasteiger partial charge < -0.3 is 5.32 Å². The van der Waals surface area contributed by atoms with Crippen LogP contribution in [-0.4, -0.2) is 18.3 Å². The van der Waals surface area contributed by atoms with Crippen LogP contribution in [0.1, 0.15) is 27.7 Å². The van der Waals surface area contributed by atoms with Gasteiger partial charge in [0.1, 0.15) is 0 Å². The van der Waals surface area contributed by atoms with E-state index in [9.17, 15) is 0 Å². The number of benzene rings is 1. The van der Waals surface area contributed by atoms with E-state index in [2.05, 4.69) is 73.2 Å². The van der Waals surface area contributed by atoms with E-state index in [1.54, 1.807) is 0 Å². The highest BCUT2D eigenvalue weighted by atomic mass is 79.9. The van der Waals surface area contributed by atoms with Gasteiger partial charge in [-0.2, -0.15) is 0 Å². The zero-order chi connectivity index (χ0) is 12.9. The van der Waals surface area contributed by atoms with E-state index in [0.717, 1.165) is 16.8 Å². The molecular weight excluding hydrogens is 294 g/mol. The first-order valence-corrected chi connectivity index (χ1v) is 7.83. The second-order valence-corrected chi connectivity index (χ2v) is 7.25. The topological polar surface area (TPSA) is 12.0 Å². The van der Waals surface area contributed by atoms with Crippen molar-refractivity contribution in [3.8, 4) is 0 Å². The Morgan fingerprint density at radius 1 is 1.24 bits per heavy atom. The monoisotopic (exact) mass is 315 g/mol. The van der Waals surface area contributed by atoms with Gasteiger partial charge >= 0.3 is 0 Å². The lowest BCUT2D eigenvalue weighted by Crippen LogP contribution is -2.42. The standard InChI is InChI=1S/C14H22BrNS/c1-5-16-13(14(2,3)4)10-17-12-8-6-11(15)7-9-12/h6-9,13,16H,5,10H2,1-4H3. The average Bonchev–Trinajstić information content (AvgIpc) is 2.25. The maximum absolute atomic E-state index is 3.57. The molecular formula is C14H22BrNS.